The van der Waals surface area contributed by atoms with Gasteiger partial charge in [0, 0.05) is 25.2 Å². The minimum Gasteiger partial charge on any atom is -0.417 e. The molecular formula is C17H39NO3Si. The highest BCUT2D eigenvalue weighted by Crippen LogP contribution is 2.37. The minimum atomic E-state index is -1.68. The molecule has 0 saturated carbocycles. The third-order valence-electron chi connectivity index (χ3n) is 4.49. The summed E-state index contributed by atoms with van der Waals surface area (Å²) in [5.74, 6) is 0. The topological polar surface area (TPSA) is 53.7 Å². The van der Waals surface area contributed by atoms with Crippen LogP contribution in [0.25, 0.3) is 0 Å². The predicted octanol–water partition coefficient (Wildman–Crippen LogP) is 3.81. The minimum absolute atomic E-state index is 0.00724. The van der Waals surface area contributed by atoms with E-state index in [1.807, 2.05) is 0 Å². The lowest BCUT2D eigenvalue weighted by atomic mass is 9.89. The third kappa shape index (κ3) is 8.63. The lowest BCUT2D eigenvalue weighted by Gasteiger charge is -2.37. The van der Waals surface area contributed by atoms with E-state index in [-0.39, 0.29) is 10.5 Å². The van der Waals surface area contributed by atoms with Gasteiger partial charge in [0.15, 0.2) is 8.32 Å². The normalized spacial score (nSPS) is 15.8. The molecule has 1 atom stereocenters. The Morgan fingerprint density at radius 2 is 1.45 bits per heavy atom. The van der Waals surface area contributed by atoms with E-state index in [1.54, 1.807) is 0 Å². The van der Waals surface area contributed by atoms with Gasteiger partial charge >= 0.3 is 0 Å². The lowest BCUT2D eigenvalue weighted by molar-refractivity contribution is -0.0218. The summed E-state index contributed by atoms with van der Waals surface area (Å²) < 4.78 is 17.8. The Hall–Kier alpha value is 0.0569. The van der Waals surface area contributed by atoms with Gasteiger partial charge in [0.2, 0.25) is 0 Å². The molecule has 2 N–H and O–H groups in total. The van der Waals surface area contributed by atoms with Crippen LogP contribution in [0.3, 0.4) is 0 Å². The number of hydrogen-bond acceptors (Lipinski definition) is 4. The molecule has 0 aliphatic carbocycles. The van der Waals surface area contributed by atoms with Crippen LogP contribution in [0.1, 0.15) is 47.5 Å². The van der Waals surface area contributed by atoms with Crippen molar-refractivity contribution in [3.8, 4) is 0 Å². The molecule has 0 aromatic rings. The van der Waals surface area contributed by atoms with Crippen LogP contribution in [0, 0.1) is 5.41 Å². The molecule has 0 radical (unpaired) electrons. The van der Waals surface area contributed by atoms with Gasteiger partial charge in [0.25, 0.3) is 0 Å². The fraction of sp³-hybridized carbons (Fsp3) is 1.00. The zero-order chi connectivity index (χ0) is 17.3. The Kier molecular flexibility index (Phi) is 10.1. The van der Waals surface area contributed by atoms with Gasteiger partial charge < -0.3 is 19.6 Å². The molecular weight excluding hydrogens is 294 g/mol. The van der Waals surface area contributed by atoms with Crippen molar-refractivity contribution in [2.24, 2.45) is 11.1 Å². The fourth-order valence-electron chi connectivity index (χ4n) is 1.82. The van der Waals surface area contributed by atoms with Crippen molar-refractivity contribution < 1.29 is 13.9 Å². The number of hydrogen-bond donors (Lipinski definition) is 1. The van der Waals surface area contributed by atoms with Crippen LogP contribution in [-0.4, -0.2) is 47.9 Å². The molecule has 0 saturated heterocycles. The first-order valence-electron chi connectivity index (χ1n) is 8.57. The third-order valence-corrected chi connectivity index (χ3v) is 9.02. The molecule has 0 aliphatic heterocycles. The molecule has 0 bridgehead atoms. The number of rotatable bonds is 12. The van der Waals surface area contributed by atoms with Gasteiger partial charge in [-0.2, -0.15) is 0 Å². The molecule has 22 heavy (non-hydrogen) atoms. The van der Waals surface area contributed by atoms with Crippen molar-refractivity contribution in [2.75, 3.05) is 39.6 Å². The molecule has 0 unspecified atom stereocenters. The van der Waals surface area contributed by atoms with Crippen LogP contribution in [-0.2, 0) is 13.9 Å². The first-order chi connectivity index (χ1) is 10.1. The molecule has 0 rings (SSSR count). The largest absolute Gasteiger partial charge is 0.417 e. The summed E-state index contributed by atoms with van der Waals surface area (Å²) in [6.45, 7) is 19.9. The Morgan fingerprint density at radius 3 is 1.91 bits per heavy atom. The summed E-state index contributed by atoms with van der Waals surface area (Å²) >= 11 is 0. The quantitative estimate of drug-likeness (QED) is 0.436. The summed E-state index contributed by atoms with van der Waals surface area (Å²) in [6, 6.07) is 0. The maximum atomic E-state index is 6.31. The first-order valence-corrected chi connectivity index (χ1v) is 11.5. The van der Waals surface area contributed by atoms with Crippen molar-refractivity contribution in [3.05, 3.63) is 0 Å². The van der Waals surface area contributed by atoms with E-state index in [9.17, 15) is 0 Å². The van der Waals surface area contributed by atoms with Gasteiger partial charge in [-0.05, 0) is 31.0 Å². The summed E-state index contributed by atoms with van der Waals surface area (Å²) in [6.07, 6.45) is 1.99. The van der Waals surface area contributed by atoms with Gasteiger partial charge in [-0.3, -0.25) is 0 Å². The van der Waals surface area contributed by atoms with E-state index < -0.39 is 8.32 Å². The van der Waals surface area contributed by atoms with E-state index >= 15 is 0 Å². The molecule has 0 aromatic carbocycles. The van der Waals surface area contributed by atoms with Gasteiger partial charge in [-0.1, -0.05) is 34.6 Å². The van der Waals surface area contributed by atoms with Crippen LogP contribution in [0.5, 0.6) is 0 Å². The zero-order valence-corrected chi connectivity index (χ0v) is 17.0. The molecule has 0 heterocycles. The number of nitrogens with two attached hydrogens (primary N) is 1. The van der Waals surface area contributed by atoms with Crippen LogP contribution in [0.15, 0.2) is 0 Å². The van der Waals surface area contributed by atoms with Gasteiger partial charge in [-0.15, -0.1) is 0 Å². The monoisotopic (exact) mass is 333 g/mol. The highest BCUT2D eigenvalue weighted by atomic mass is 28.4. The van der Waals surface area contributed by atoms with Crippen LogP contribution in [0.2, 0.25) is 18.1 Å². The fourth-order valence-corrected chi connectivity index (χ4v) is 2.87. The van der Waals surface area contributed by atoms with Crippen LogP contribution in [0.4, 0.5) is 0 Å². The van der Waals surface area contributed by atoms with E-state index in [0.717, 1.165) is 26.1 Å². The average molecular weight is 334 g/mol. The summed E-state index contributed by atoms with van der Waals surface area (Å²) in [5, 5.41) is 0.248. The van der Waals surface area contributed by atoms with Crippen molar-refractivity contribution in [2.45, 2.75) is 65.6 Å². The molecule has 0 fully saturated rings. The second-order valence-electron chi connectivity index (χ2n) is 8.06. The second kappa shape index (κ2) is 10.0. The Balaban J connectivity index is 4.44. The summed E-state index contributed by atoms with van der Waals surface area (Å²) in [5.41, 5.74) is 5.50. The van der Waals surface area contributed by atoms with Gasteiger partial charge in [-0.25, -0.2) is 0 Å². The second-order valence-corrected chi connectivity index (χ2v) is 12.9. The summed E-state index contributed by atoms with van der Waals surface area (Å²) in [7, 11) is -1.68. The van der Waals surface area contributed by atoms with Gasteiger partial charge in [0.1, 0.15) is 0 Å². The number of ether oxygens (including phenoxy) is 2. The van der Waals surface area contributed by atoms with Crippen molar-refractivity contribution in [1.29, 1.82) is 0 Å². The lowest BCUT2D eigenvalue weighted by Crippen LogP contribution is -2.42. The van der Waals surface area contributed by atoms with E-state index in [4.69, 9.17) is 19.6 Å². The maximum Gasteiger partial charge on any atom is 0.191 e. The highest BCUT2D eigenvalue weighted by Gasteiger charge is 2.37. The standard InChI is InChI=1S/C17H39NO3Si/c1-8-11-19-14-17(5,15-20-13-10-18)9-12-21-22(6,7)16(2,3)4/h8-15,18H2,1-7H3/t17-/m0/s1. The molecule has 4 nitrogen and oxygen atoms in total. The molecule has 0 aliphatic rings. The van der Waals surface area contributed by atoms with E-state index in [1.165, 1.54) is 0 Å². The molecule has 0 amide bonds. The molecule has 5 heteroatoms. The van der Waals surface area contributed by atoms with Crippen molar-refractivity contribution >= 4 is 8.32 Å². The van der Waals surface area contributed by atoms with Crippen LogP contribution >= 0.6 is 0 Å². The van der Waals surface area contributed by atoms with E-state index in [2.05, 4.69) is 47.7 Å². The van der Waals surface area contributed by atoms with E-state index in [0.29, 0.717) is 26.4 Å². The Morgan fingerprint density at radius 1 is 0.909 bits per heavy atom. The zero-order valence-electron chi connectivity index (χ0n) is 16.0. The molecule has 0 aromatic heterocycles. The molecule has 134 valence electrons. The molecule has 0 spiro atoms. The van der Waals surface area contributed by atoms with Crippen molar-refractivity contribution in [3.63, 3.8) is 0 Å². The van der Waals surface area contributed by atoms with Gasteiger partial charge in [0.05, 0.1) is 19.8 Å². The summed E-state index contributed by atoms with van der Waals surface area (Å²) in [4.78, 5) is 0. The predicted molar refractivity (Wildman–Crippen MR) is 96.9 cm³/mol. The Labute approximate surface area is 139 Å². The maximum absolute atomic E-state index is 6.31. The smallest absolute Gasteiger partial charge is 0.191 e. The van der Waals surface area contributed by atoms with Crippen LogP contribution < -0.4 is 5.73 Å². The Bertz CT molecular complexity index is 280. The SMILES string of the molecule is CCCOC[C@](C)(CCO[Si](C)(C)C(C)(C)C)COCCN. The van der Waals surface area contributed by atoms with Crippen molar-refractivity contribution in [1.82, 2.24) is 0 Å². The first kappa shape index (κ1) is 22.1. The average Bonchev–Trinajstić information content (AvgIpc) is 2.38. The highest BCUT2D eigenvalue weighted by molar-refractivity contribution is 6.74.